The van der Waals surface area contributed by atoms with E-state index in [-0.39, 0.29) is 0 Å². The van der Waals surface area contributed by atoms with Crippen molar-refractivity contribution in [3.8, 4) is 11.8 Å². The van der Waals surface area contributed by atoms with E-state index in [1.807, 2.05) is 30.6 Å². The first-order chi connectivity index (χ1) is 17.3. The summed E-state index contributed by atoms with van der Waals surface area (Å²) in [6.45, 7) is 4.57. The zero-order chi connectivity index (χ0) is 23.5. The number of aromatic nitrogens is 2. The Hall–Kier alpha value is -3.36. The van der Waals surface area contributed by atoms with E-state index in [0.29, 0.717) is 0 Å². The van der Waals surface area contributed by atoms with E-state index >= 15 is 0 Å². The number of benzene rings is 2. The number of fused-ring (bicyclic) bond motifs is 1. The van der Waals surface area contributed by atoms with Gasteiger partial charge in [-0.1, -0.05) is 61.6 Å². The largest absolute Gasteiger partial charge is 0.354 e. The van der Waals surface area contributed by atoms with Gasteiger partial charge in [0.25, 0.3) is 0 Å². The summed E-state index contributed by atoms with van der Waals surface area (Å²) in [5.74, 6) is 8.04. The second-order valence-electron chi connectivity index (χ2n) is 10.1. The Kier molecular flexibility index (Phi) is 6.38. The Balaban J connectivity index is 1.04. The topological polar surface area (TPSA) is 47.5 Å². The molecule has 2 aliphatic heterocycles. The van der Waals surface area contributed by atoms with E-state index in [1.165, 1.54) is 54.5 Å². The van der Waals surface area contributed by atoms with Gasteiger partial charge in [-0.25, -0.2) is 9.98 Å². The summed E-state index contributed by atoms with van der Waals surface area (Å²) < 4.78 is 0. The van der Waals surface area contributed by atoms with Crippen LogP contribution in [0, 0.1) is 11.8 Å². The molecule has 1 aromatic heterocycles. The molecular formula is C30H33N5. The van der Waals surface area contributed by atoms with Gasteiger partial charge in [0.15, 0.2) is 5.82 Å². The number of rotatable bonds is 4. The molecule has 3 aliphatic rings. The number of aliphatic imine (C=N–C) groups is 1. The Morgan fingerprint density at radius 1 is 0.971 bits per heavy atom. The SMILES string of the molecule is C(#Cc1nc2ccccc2[nH]1)CN1CCC2=C(CN(Cc3ccc(C4CCCCC4)cc3)C=N2)C1. The molecule has 5 nitrogen and oxygen atoms in total. The maximum Gasteiger partial charge on any atom is 0.183 e. The molecule has 0 amide bonds. The summed E-state index contributed by atoms with van der Waals surface area (Å²) in [5, 5.41) is 0. The summed E-state index contributed by atoms with van der Waals surface area (Å²) in [7, 11) is 0. The molecule has 5 heteroatoms. The number of imidazole rings is 1. The van der Waals surface area contributed by atoms with Gasteiger partial charge in [-0.2, -0.15) is 0 Å². The number of nitrogens with zero attached hydrogens (tertiary/aromatic N) is 4. The highest BCUT2D eigenvalue weighted by atomic mass is 15.2. The Labute approximate surface area is 208 Å². The van der Waals surface area contributed by atoms with Gasteiger partial charge in [0.2, 0.25) is 0 Å². The summed E-state index contributed by atoms with van der Waals surface area (Å²) in [5.41, 5.74) is 7.60. The minimum atomic E-state index is 0.742. The predicted molar refractivity (Wildman–Crippen MR) is 142 cm³/mol. The van der Waals surface area contributed by atoms with Crippen LogP contribution in [-0.4, -0.2) is 52.3 Å². The van der Waals surface area contributed by atoms with E-state index in [2.05, 4.69) is 55.9 Å². The fraction of sp³-hybridized carbons (Fsp3) is 0.400. The molecule has 3 aromatic rings. The molecule has 0 spiro atoms. The van der Waals surface area contributed by atoms with Crippen molar-refractivity contribution in [3.05, 3.63) is 76.8 Å². The number of hydrogen-bond donors (Lipinski definition) is 1. The quantitative estimate of drug-likeness (QED) is 0.522. The molecular weight excluding hydrogens is 430 g/mol. The highest BCUT2D eigenvalue weighted by Crippen LogP contribution is 2.32. The third kappa shape index (κ3) is 5.18. The molecule has 1 N–H and O–H groups in total. The van der Waals surface area contributed by atoms with Crippen LogP contribution in [0.1, 0.15) is 61.4 Å². The van der Waals surface area contributed by atoms with Gasteiger partial charge in [-0.15, -0.1) is 0 Å². The summed E-state index contributed by atoms with van der Waals surface area (Å²) in [6, 6.07) is 17.4. The van der Waals surface area contributed by atoms with Crippen LogP contribution in [0.4, 0.5) is 0 Å². The number of H-pyrrole nitrogens is 1. The number of para-hydroxylation sites is 2. The first-order valence-corrected chi connectivity index (χ1v) is 13.0. The molecule has 1 saturated carbocycles. The molecule has 178 valence electrons. The molecule has 3 heterocycles. The molecule has 35 heavy (non-hydrogen) atoms. The fourth-order valence-electron chi connectivity index (χ4n) is 5.66. The zero-order valence-electron chi connectivity index (χ0n) is 20.3. The lowest BCUT2D eigenvalue weighted by atomic mass is 9.84. The van der Waals surface area contributed by atoms with E-state index in [4.69, 9.17) is 4.99 Å². The second kappa shape index (κ2) is 10.1. The van der Waals surface area contributed by atoms with E-state index in [1.54, 1.807) is 0 Å². The van der Waals surface area contributed by atoms with Gasteiger partial charge in [0.05, 0.1) is 23.9 Å². The molecule has 6 rings (SSSR count). The van der Waals surface area contributed by atoms with Crippen molar-refractivity contribution in [1.82, 2.24) is 19.8 Å². The van der Waals surface area contributed by atoms with Crippen LogP contribution in [0.5, 0.6) is 0 Å². The molecule has 0 saturated heterocycles. The maximum absolute atomic E-state index is 4.81. The molecule has 2 aromatic carbocycles. The molecule has 0 atom stereocenters. The zero-order valence-corrected chi connectivity index (χ0v) is 20.3. The van der Waals surface area contributed by atoms with E-state index in [9.17, 15) is 0 Å². The summed E-state index contributed by atoms with van der Waals surface area (Å²) in [4.78, 5) is 17.4. The van der Waals surface area contributed by atoms with Crippen molar-refractivity contribution in [3.63, 3.8) is 0 Å². The van der Waals surface area contributed by atoms with Gasteiger partial charge in [0, 0.05) is 38.3 Å². The van der Waals surface area contributed by atoms with Crippen LogP contribution >= 0.6 is 0 Å². The predicted octanol–water partition coefficient (Wildman–Crippen LogP) is 5.47. The normalized spacial score (nSPS) is 19.0. The van der Waals surface area contributed by atoms with E-state index in [0.717, 1.165) is 61.9 Å². The first kappa shape index (κ1) is 22.1. The van der Waals surface area contributed by atoms with Crippen molar-refractivity contribution < 1.29 is 0 Å². The van der Waals surface area contributed by atoms with Crippen molar-refractivity contribution in [1.29, 1.82) is 0 Å². The Morgan fingerprint density at radius 3 is 2.69 bits per heavy atom. The molecule has 0 radical (unpaired) electrons. The number of nitrogens with one attached hydrogen (secondary N) is 1. The first-order valence-electron chi connectivity index (χ1n) is 13.0. The van der Waals surface area contributed by atoms with Crippen molar-refractivity contribution >= 4 is 17.4 Å². The Morgan fingerprint density at radius 2 is 1.83 bits per heavy atom. The van der Waals surface area contributed by atoms with Crippen LogP contribution < -0.4 is 0 Å². The van der Waals surface area contributed by atoms with Crippen molar-refractivity contribution in [2.75, 3.05) is 26.2 Å². The minimum absolute atomic E-state index is 0.742. The van der Waals surface area contributed by atoms with Gasteiger partial charge in [-0.05, 0) is 53.5 Å². The lowest BCUT2D eigenvalue weighted by Crippen LogP contribution is -2.38. The van der Waals surface area contributed by atoms with Crippen molar-refractivity contribution in [2.45, 2.75) is 51.0 Å². The fourth-order valence-corrected chi connectivity index (χ4v) is 5.66. The lowest BCUT2D eigenvalue weighted by molar-refractivity contribution is 0.300. The van der Waals surface area contributed by atoms with Crippen molar-refractivity contribution in [2.24, 2.45) is 4.99 Å². The van der Waals surface area contributed by atoms with Gasteiger partial charge in [0.1, 0.15) is 0 Å². The van der Waals surface area contributed by atoms with Crippen LogP contribution in [0.15, 0.2) is 64.8 Å². The second-order valence-corrected chi connectivity index (χ2v) is 10.1. The molecule has 0 bridgehead atoms. The van der Waals surface area contributed by atoms with Gasteiger partial charge >= 0.3 is 0 Å². The lowest BCUT2D eigenvalue weighted by Gasteiger charge is -2.33. The van der Waals surface area contributed by atoms with E-state index < -0.39 is 0 Å². The minimum Gasteiger partial charge on any atom is -0.354 e. The summed E-state index contributed by atoms with van der Waals surface area (Å²) >= 11 is 0. The number of aromatic amines is 1. The molecule has 0 unspecified atom stereocenters. The van der Waals surface area contributed by atoms with Gasteiger partial charge in [-0.3, -0.25) is 4.90 Å². The average molecular weight is 464 g/mol. The molecule has 1 aliphatic carbocycles. The number of hydrogen-bond acceptors (Lipinski definition) is 4. The average Bonchev–Trinajstić information content (AvgIpc) is 3.32. The Bertz CT molecular complexity index is 1260. The van der Waals surface area contributed by atoms with Gasteiger partial charge < -0.3 is 9.88 Å². The van der Waals surface area contributed by atoms with Crippen LogP contribution in [-0.2, 0) is 6.54 Å². The summed E-state index contributed by atoms with van der Waals surface area (Å²) in [6.07, 6.45) is 9.94. The highest BCUT2D eigenvalue weighted by Gasteiger charge is 2.22. The highest BCUT2D eigenvalue weighted by molar-refractivity contribution is 5.75. The molecule has 1 fully saturated rings. The third-order valence-electron chi connectivity index (χ3n) is 7.60. The monoisotopic (exact) mass is 463 g/mol. The standard InChI is InChI=1S/C30H33N5/c1-2-7-24(8-3-1)25-14-12-23(13-15-25)19-35-21-26-20-34(18-16-27(26)31-22-35)17-6-11-30-32-28-9-4-5-10-29(28)33-30/h4-5,9-10,12-15,22,24H,1-3,7-8,16-21H2,(H,32,33). The van der Waals surface area contributed by atoms with Crippen LogP contribution in [0.25, 0.3) is 11.0 Å². The smallest absolute Gasteiger partial charge is 0.183 e. The third-order valence-corrected chi connectivity index (χ3v) is 7.60. The van der Waals surface area contributed by atoms with Crippen LogP contribution in [0.2, 0.25) is 0 Å². The maximum atomic E-state index is 4.81. The van der Waals surface area contributed by atoms with Crippen LogP contribution in [0.3, 0.4) is 0 Å².